The molecule has 0 saturated carbocycles. The average molecular weight is 337 g/mol. The number of hydrogen-bond acceptors (Lipinski definition) is 4. The lowest BCUT2D eigenvalue weighted by molar-refractivity contribution is 0.0946. The maximum absolute atomic E-state index is 11.7. The molecule has 1 amide bonds. The fourth-order valence-electron chi connectivity index (χ4n) is 2.28. The molecule has 0 atom stereocenters. The van der Waals surface area contributed by atoms with Gasteiger partial charge in [-0.15, -0.1) is 4.91 Å². The largest absolute Gasteiger partial charge is 0.454 e. The number of halogens is 2. The van der Waals surface area contributed by atoms with Crippen molar-refractivity contribution in [2.24, 2.45) is 5.18 Å². The second kappa shape index (κ2) is 5.94. The Kier molecular flexibility index (Phi) is 4.00. The Morgan fingerprint density at radius 2 is 1.86 bits per heavy atom. The summed E-state index contributed by atoms with van der Waals surface area (Å²) in [7, 11) is 0. The van der Waals surface area contributed by atoms with Gasteiger partial charge in [-0.05, 0) is 47.5 Å². The SMILES string of the molecule is O=Nc1cc(Cl)c(Oc2ccc3c(c2)CCNC3=O)c(Cl)c1. The molecule has 0 aromatic heterocycles. The first-order valence-corrected chi connectivity index (χ1v) is 7.25. The molecule has 0 aliphatic carbocycles. The molecule has 5 nitrogen and oxygen atoms in total. The number of nitroso groups, excluding NO2 is 1. The van der Waals surface area contributed by atoms with Crippen LogP contribution < -0.4 is 10.1 Å². The lowest BCUT2D eigenvalue weighted by atomic mass is 10.0. The highest BCUT2D eigenvalue weighted by Crippen LogP contribution is 2.39. The number of benzene rings is 2. The van der Waals surface area contributed by atoms with Crippen molar-refractivity contribution in [1.82, 2.24) is 5.32 Å². The van der Waals surface area contributed by atoms with E-state index in [1.54, 1.807) is 18.2 Å². The maximum atomic E-state index is 11.7. The minimum absolute atomic E-state index is 0.0923. The first kappa shape index (κ1) is 14.8. The van der Waals surface area contributed by atoms with E-state index in [0.717, 1.165) is 12.0 Å². The Bertz CT molecular complexity index is 754. The molecule has 22 heavy (non-hydrogen) atoms. The number of carbonyl (C=O) groups is 1. The highest BCUT2D eigenvalue weighted by Gasteiger charge is 2.18. The van der Waals surface area contributed by atoms with Crippen molar-refractivity contribution in [3.8, 4) is 11.5 Å². The van der Waals surface area contributed by atoms with Crippen LogP contribution in [-0.4, -0.2) is 12.5 Å². The molecule has 112 valence electrons. The van der Waals surface area contributed by atoms with E-state index >= 15 is 0 Å². The molecule has 0 unspecified atom stereocenters. The molecule has 0 bridgehead atoms. The van der Waals surface area contributed by atoms with Gasteiger partial charge in [-0.1, -0.05) is 23.2 Å². The Balaban J connectivity index is 1.94. The number of hydrogen-bond donors (Lipinski definition) is 1. The minimum Gasteiger partial charge on any atom is -0.454 e. The molecule has 0 spiro atoms. The third-order valence-electron chi connectivity index (χ3n) is 3.31. The lowest BCUT2D eigenvalue weighted by Gasteiger charge is -2.17. The third kappa shape index (κ3) is 2.77. The zero-order valence-electron chi connectivity index (χ0n) is 11.2. The fourth-order valence-corrected chi connectivity index (χ4v) is 2.84. The Morgan fingerprint density at radius 1 is 1.14 bits per heavy atom. The van der Waals surface area contributed by atoms with E-state index in [0.29, 0.717) is 17.9 Å². The van der Waals surface area contributed by atoms with Gasteiger partial charge in [0.25, 0.3) is 5.91 Å². The van der Waals surface area contributed by atoms with E-state index in [4.69, 9.17) is 27.9 Å². The summed E-state index contributed by atoms with van der Waals surface area (Å²) in [6.07, 6.45) is 0.730. The molecule has 3 rings (SSSR count). The van der Waals surface area contributed by atoms with E-state index in [9.17, 15) is 9.70 Å². The van der Waals surface area contributed by atoms with Gasteiger partial charge in [0.1, 0.15) is 11.4 Å². The summed E-state index contributed by atoms with van der Waals surface area (Å²) < 4.78 is 5.70. The van der Waals surface area contributed by atoms with Crippen molar-refractivity contribution < 1.29 is 9.53 Å². The van der Waals surface area contributed by atoms with E-state index in [1.165, 1.54) is 12.1 Å². The van der Waals surface area contributed by atoms with Crippen LogP contribution in [0.2, 0.25) is 10.0 Å². The summed E-state index contributed by atoms with van der Waals surface area (Å²) in [6.45, 7) is 0.594. The highest BCUT2D eigenvalue weighted by atomic mass is 35.5. The first-order valence-electron chi connectivity index (χ1n) is 6.50. The van der Waals surface area contributed by atoms with E-state index in [-0.39, 0.29) is 27.4 Å². The number of nitrogens with zero attached hydrogens (tertiary/aromatic N) is 1. The molecule has 0 fully saturated rings. The van der Waals surface area contributed by atoms with Gasteiger partial charge in [0, 0.05) is 12.1 Å². The van der Waals surface area contributed by atoms with Gasteiger partial charge in [0.2, 0.25) is 0 Å². The second-order valence-corrected chi connectivity index (χ2v) is 5.57. The van der Waals surface area contributed by atoms with Gasteiger partial charge in [-0.25, -0.2) is 0 Å². The predicted molar refractivity (Wildman–Crippen MR) is 84.5 cm³/mol. The third-order valence-corrected chi connectivity index (χ3v) is 3.87. The first-order chi connectivity index (χ1) is 10.6. The fraction of sp³-hybridized carbons (Fsp3) is 0.133. The maximum Gasteiger partial charge on any atom is 0.251 e. The molecule has 1 heterocycles. The quantitative estimate of drug-likeness (QED) is 0.840. The van der Waals surface area contributed by atoms with Crippen LogP contribution in [0.25, 0.3) is 0 Å². The van der Waals surface area contributed by atoms with Crippen molar-refractivity contribution in [2.45, 2.75) is 6.42 Å². The summed E-state index contributed by atoms with van der Waals surface area (Å²) in [5, 5.41) is 5.95. The smallest absolute Gasteiger partial charge is 0.251 e. The second-order valence-electron chi connectivity index (χ2n) is 4.76. The molecule has 0 radical (unpaired) electrons. The summed E-state index contributed by atoms with van der Waals surface area (Å²) in [5.41, 5.74) is 1.67. The number of carbonyl (C=O) groups excluding carboxylic acids is 1. The van der Waals surface area contributed by atoms with Crippen LogP contribution in [0.5, 0.6) is 11.5 Å². The number of nitrogens with one attached hydrogen (secondary N) is 1. The predicted octanol–water partition coefficient (Wildman–Crippen LogP) is 4.47. The summed E-state index contributed by atoms with van der Waals surface area (Å²) in [5.74, 6) is 0.672. The molecule has 7 heteroatoms. The summed E-state index contributed by atoms with van der Waals surface area (Å²) in [6, 6.07) is 7.90. The highest BCUT2D eigenvalue weighted by molar-refractivity contribution is 6.37. The van der Waals surface area contributed by atoms with Crippen LogP contribution in [0.1, 0.15) is 15.9 Å². The van der Waals surface area contributed by atoms with Gasteiger partial charge < -0.3 is 10.1 Å². The van der Waals surface area contributed by atoms with Gasteiger partial charge >= 0.3 is 0 Å². The van der Waals surface area contributed by atoms with Crippen molar-refractivity contribution in [2.75, 3.05) is 6.54 Å². The molecule has 1 aliphatic rings. The van der Waals surface area contributed by atoms with Crippen molar-refractivity contribution in [3.63, 3.8) is 0 Å². The summed E-state index contributed by atoms with van der Waals surface area (Å²) >= 11 is 12.1. The van der Waals surface area contributed by atoms with Crippen molar-refractivity contribution in [1.29, 1.82) is 0 Å². The normalized spacial score (nSPS) is 13.3. The molecular formula is C15H10Cl2N2O3. The van der Waals surface area contributed by atoms with Gasteiger partial charge in [0.15, 0.2) is 5.75 Å². The zero-order chi connectivity index (χ0) is 15.7. The van der Waals surface area contributed by atoms with Gasteiger partial charge in [-0.2, -0.15) is 0 Å². The van der Waals surface area contributed by atoms with Gasteiger partial charge in [-0.3, -0.25) is 4.79 Å². The molecular weight excluding hydrogens is 327 g/mol. The van der Waals surface area contributed by atoms with E-state index in [1.807, 2.05) is 0 Å². The lowest BCUT2D eigenvalue weighted by Crippen LogP contribution is -2.31. The topological polar surface area (TPSA) is 67.8 Å². The van der Waals surface area contributed by atoms with Crippen molar-refractivity contribution >= 4 is 34.8 Å². The van der Waals surface area contributed by atoms with E-state index in [2.05, 4.69) is 10.5 Å². The monoisotopic (exact) mass is 336 g/mol. The van der Waals surface area contributed by atoms with Crippen LogP contribution >= 0.6 is 23.2 Å². The van der Waals surface area contributed by atoms with Crippen LogP contribution in [0.3, 0.4) is 0 Å². The molecule has 1 N–H and O–H groups in total. The Labute approximate surface area is 136 Å². The number of fused-ring (bicyclic) bond motifs is 1. The number of amides is 1. The molecule has 1 aliphatic heterocycles. The Morgan fingerprint density at radius 3 is 2.55 bits per heavy atom. The molecule has 2 aromatic rings. The number of rotatable bonds is 3. The van der Waals surface area contributed by atoms with Gasteiger partial charge in [0.05, 0.1) is 10.0 Å². The molecule has 0 saturated heterocycles. The molecule has 2 aromatic carbocycles. The standard InChI is InChI=1S/C15H10Cl2N2O3/c16-12-6-9(19-21)7-13(17)14(12)22-10-1-2-11-8(5-10)3-4-18-15(11)20/h1-2,5-7H,3-4H2,(H,18,20). The van der Waals surface area contributed by atoms with Crippen LogP contribution in [-0.2, 0) is 6.42 Å². The Hall–Kier alpha value is -2.11. The van der Waals surface area contributed by atoms with Crippen molar-refractivity contribution in [3.05, 3.63) is 56.4 Å². The van der Waals surface area contributed by atoms with Crippen LogP contribution in [0.4, 0.5) is 5.69 Å². The van der Waals surface area contributed by atoms with E-state index < -0.39 is 0 Å². The van der Waals surface area contributed by atoms with Crippen LogP contribution in [0, 0.1) is 4.91 Å². The zero-order valence-corrected chi connectivity index (χ0v) is 12.7. The summed E-state index contributed by atoms with van der Waals surface area (Å²) in [4.78, 5) is 22.2. The number of ether oxygens (including phenoxy) is 1. The average Bonchev–Trinajstić information content (AvgIpc) is 2.51. The minimum atomic E-state index is -0.0923. The van der Waals surface area contributed by atoms with Crippen LogP contribution in [0.15, 0.2) is 35.5 Å².